The Morgan fingerprint density at radius 1 is 1.33 bits per heavy atom. The predicted molar refractivity (Wildman–Crippen MR) is 83.6 cm³/mol. The molecule has 0 unspecified atom stereocenters. The van der Waals surface area contributed by atoms with Gasteiger partial charge in [-0.25, -0.2) is 4.39 Å². The summed E-state index contributed by atoms with van der Waals surface area (Å²) in [7, 11) is 1.56. The van der Waals surface area contributed by atoms with Gasteiger partial charge >= 0.3 is 0 Å². The summed E-state index contributed by atoms with van der Waals surface area (Å²) in [6, 6.07) is 5.94. The molecule has 0 aliphatic carbocycles. The van der Waals surface area contributed by atoms with Gasteiger partial charge in [-0.15, -0.1) is 0 Å². The van der Waals surface area contributed by atoms with E-state index in [0.717, 1.165) is 5.56 Å². The fraction of sp³-hybridized carbons (Fsp3) is 0.529. The van der Waals surface area contributed by atoms with Crippen LogP contribution in [0.4, 0.5) is 4.39 Å². The Hall–Kier alpha value is -1.99. The Bertz CT molecular complexity index is 607. The molecule has 3 rings (SSSR count). The van der Waals surface area contributed by atoms with Gasteiger partial charge < -0.3 is 19.3 Å². The number of rotatable bonds is 5. The van der Waals surface area contributed by atoms with Crippen molar-refractivity contribution in [2.75, 3.05) is 33.4 Å². The number of carbonyl (C=O) groups is 2. The number of likely N-dealkylation sites (tertiary alicyclic amines) is 1. The van der Waals surface area contributed by atoms with Crippen LogP contribution in [0.5, 0.6) is 0 Å². The Labute approximate surface area is 140 Å². The van der Waals surface area contributed by atoms with Gasteiger partial charge in [-0.2, -0.15) is 0 Å². The number of ether oxygens (including phenoxy) is 2. The van der Waals surface area contributed by atoms with Gasteiger partial charge in [0.25, 0.3) is 0 Å². The molecule has 0 radical (unpaired) electrons. The molecule has 2 heterocycles. The molecule has 0 spiro atoms. The highest BCUT2D eigenvalue weighted by atomic mass is 19.1. The number of carbonyl (C=O) groups excluding carboxylic acids is 2. The Morgan fingerprint density at radius 3 is 2.79 bits per heavy atom. The first kappa shape index (κ1) is 16.9. The molecule has 0 N–H and O–H groups in total. The molecule has 0 saturated carbocycles. The molecule has 24 heavy (non-hydrogen) atoms. The molecule has 2 fully saturated rings. The van der Waals surface area contributed by atoms with Crippen LogP contribution in [0, 0.1) is 5.82 Å². The molecule has 2 aliphatic rings. The quantitative estimate of drug-likeness (QED) is 0.798. The van der Waals surface area contributed by atoms with E-state index in [1.54, 1.807) is 29.0 Å². The van der Waals surface area contributed by atoms with Gasteiger partial charge in [-0.3, -0.25) is 9.59 Å². The summed E-state index contributed by atoms with van der Waals surface area (Å²) in [4.78, 5) is 27.9. The molecule has 6 nitrogen and oxygen atoms in total. The zero-order chi connectivity index (χ0) is 17.1. The molecular formula is C17H21FN2O4. The van der Waals surface area contributed by atoms with Crippen LogP contribution in [0.1, 0.15) is 12.0 Å². The molecule has 1 aromatic rings. The lowest BCUT2D eigenvalue weighted by Crippen LogP contribution is -2.53. The minimum Gasteiger partial charge on any atom is -0.384 e. The van der Waals surface area contributed by atoms with Gasteiger partial charge in [0.2, 0.25) is 11.8 Å². The van der Waals surface area contributed by atoms with Gasteiger partial charge in [-0.1, -0.05) is 12.1 Å². The smallest absolute Gasteiger partial charge is 0.249 e. The molecule has 0 bridgehead atoms. The van der Waals surface area contributed by atoms with E-state index >= 15 is 0 Å². The first-order chi connectivity index (χ1) is 11.6. The van der Waals surface area contributed by atoms with Gasteiger partial charge in [0.1, 0.15) is 12.4 Å². The lowest BCUT2D eigenvalue weighted by Gasteiger charge is -2.36. The molecule has 2 atom stereocenters. The lowest BCUT2D eigenvalue weighted by molar-refractivity contribution is -0.153. The average Bonchev–Trinajstić information content (AvgIpc) is 3.01. The van der Waals surface area contributed by atoms with Gasteiger partial charge in [0, 0.05) is 26.7 Å². The first-order valence-corrected chi connectivity index (χ1v) is 8.00. The minimum atomic E-state index is -0.305. The molecule has 0 aromatic heterocycles. The molecule has 7 heteroatoms. The summed E-state index contributed by atoms with van der Waals surface area (Å²) in [6.45, 7) is 1.73. The number of nitrogens with zero attached hydrogens (tertiary/aromatic N) is 2. The van der Waals surface area contributed by atoms with E-state index in [1.165, 1.54) is 12.1 Å². The fourth-order valence-corrected chi connectivity index (χ4v) is 3.21. The van der Waals surface area contributed by atoms with Crippen molar-refractivity contribution in [3.8, 4) is 0 Å². The maximum Gasteiger partial charge on any atom is 0.249 e. The summed E-state index contributed by atoms with van der Waals surface area (Å²) < 4.78 is 23.6. The van der Waals surface area contributed by atoms with Crippen LogP contribution < -0.4 is 0 Å². The highest BCUT2D eigenvalue weighted by molar-refractivity contribution is 5.80. The summed E-state index contributed by atoms with van der Waals surface area (Å²) in [5.41, 5.74) is 0.856. The molecule has 1 aromatic carbocycles. The van der Waals surface area contributed by atoms with E-state index in [-0.39, 0.29) is 36.4 Å². The molecule has 2 saturated heterocycles. The lowest BCUT2D eigenvalue weighted by atomic mass is 10.1. The van der Waals surface area contributed by atoms with Crippen molar-refractivity contribution in [1.29, 1.82) is 0 Å². The van der Waals surface area contributed by atoms with Crippen LogP contribution in [0.3, 0.4) is 0 Å². The van der Waals surface area contributed by atoms with Gasteiger partial charge in [0.15, 0.2) is 0 Å². The number of fused-ring (bicyclic) bond motifs is 1. The second kappa shape index (κ2) is 7.27. The van der Waals surface area contributed by atoms with Crippen LogP contribution in [0.2, 0.25) is 0 Å². The maximum absolute atomic E-state index is 13.0. The Morgan fingerprint density at radius 2 is 2.08 bits per heavy atom. The standard InChI is InChI=1S/C17H21FN2O4/c1-23-7-6-16(21)19-9-14-15(10-19)24-11-17(22)20(14)8-12-2-4-13(18)5-3-12/h2-5,14-15H,6-11H2,1H3/t14-,15-/m1/s1. The molecule has 130 valence electrons. The van der Waals surface area contributed by atoms with Crippen LogP contribution in [0.25, 0.3) is 0 Å². The number of morpholine rings is 1. The highest BCUT2D eigenvalue weighted by Crippen LogP contribution is 2.25. The number of amides is 2. The third-order valence-electron chi connectivity index (χ3n) is 4.52. The number of hydrogen-bond donors (Lipinski definition) is 0. The maximum atomic E-state index is 13.0. The Balaban J connectivity index is 1.69. The normalized spacial score (nSPS) is 23.5. The van der Waals surface area contributed by atoms with E-state index < -0.39 is 0 Å². The van der Waals surface area contributed by atoms with Crippen molar-refractivity contribution < 1.29 is 23.5 Å². The number of halogens is 1. The largest absolute Gasteiger partial charge is 0.384 e. The SMILES string of the molecule is COCCC(=O)N1C[C@@H]2[C@@H](C1)OCC(=O)N2Cc1ccc(F)cc1. The number of hydrogen-bond acceptors (Lipinski definition) is 4. The number of benzene rings is 1. The van der Waals surface area contributed by atoms with Gasteiger partial charge in [0.05, 0.1) is 25.2 Å². The second-order valence-electron chi connectivity index (χ2n) is 6.11. The van der Waals surface area contributed by atoms with Crippen LogP contribution in [0.15, 0.2) is 24.3 Å². The third-order valence-corrected chi connectivity index (χ3v) is 4.52. The van der Waals surface area contributed by atoms with E-state index in [2.05, 4.69) is 0 Å². The monoisotopic (exact) mass is 336 g/mol. The van der Waals surface area contributed by atoms with Crippen LogP contribution in [-0.4, -0.2) is 67.2 Å². The summed E-state index contributed by atoms with van der Waals surface area (Å²) in [5, 5.41) is 0. The zero-order valence-corrected chi connectivity index (χ0v) is 13.6. The number of methoxy groups -OCH3 is 1. The molecule has 2 aliphatic heterocycles. The van der Waals surface area contributed by atoms with Crippen LogP contribution >= 0.6 is 0 Å². The van der Waals surface area contributed by atoms with E-state index in [1.807, 2.05) is 0 Å². The molecule has 2 amide bonds. The third kappa shape index (κ3) is 3.57. The minimum absolute atomic E-state index is 0.00373. The van der Waals surface area contributed by atoms with E-state index in [4.69, 9.17) is 9.47 Å². The Kier molecular flexibility index (Phi) is 5.11. The van der Waals surface area contributed by atoms with Crippen molar-refractivity contribution in [1.82, 2.24) is 9.80 Å². The zero-order valence-electron chi connectivity index (χ0n) is 13.6. The fourth-order valence-electron chi connectivity index (χ4n) is 3.21. The van der Waals surface area contributed by atoms with E-state index in [9.17, 15) is 14.0 Å². The first-order valence-electron chi connectivity index (χ1n) is 8.00. The average molecular weight is 336 g/mol. The summed E-state index contributed by atoms with van der Waals surface area (Å²) in [6.07, 6.45) is 0.150. The van der Waals surface area contributed by atoms with E-state index in [0.29, 0.717) is 32.7 Å². The predicted octanol–water partition coefficient (Wildman–Crippen LogP) is 0.800. The van der Waals surface area contributed by atoms with Crippen molar-refractivity contribution in [3.05, 3.63) is 35.6 Å². The van der Waals surface area contributed by atoms with Gasteiger partial charge in [-0.05, 0) is 17.7 Å². The second-order valence-corrected chi connectivity index (χ2v) is 6.11. The highest BCUT2D eigenvalue weighted by Gasteiger charge is 2.44. The van der Waals surface area contributed by atoms with Crippen molar-refractivity contribution >= 4 is 11.8 Å². The van der Waals surface area contributed by atoms with Crippen LogP contribution in [-0.2, 0) is 25.6 Å². The topological polar surface area (TPSA) is 59.1 Å². The summed E-state index contributed by atoms with van der Waals surface area (Å²) >= 11 is 0. The van der Waals surface area contributed by atoms with Crippen molar-refractivity contribution in [2.45, 2.75) is 25.1 Å². The summed E-state index contributed by atoms with van der Waals surface area (Å²) in [5.74, 6) is -0.406. The van der Waals surface area contributed by atoms with Crippen molar-refractivity contribution in [2.24, 2.45) is 0 Å². The van der Waals surface area contributed by atoms with Crippen molar-refractivity contribution in [3.63, 3.8) is 0 Å². The molecular weight excluding hydrogens is 315 g/mol.